The number of methoxy groups -OCH3 is 1. The van der Waals surface area contributed by atoms with Crippen molar-refractivity contribution in [1.29, 1.82) is 0 Å². The van der Waals surface area contributed by atoms with Gasteiger partial charge < -0.3 is 19.4 Å². The van der Waals surface area contributed by atoms with Gasteiger partial charge in [-0.3, -0.25) is 5.32 Å². The molecule has 0 saturated carbocycles. The molecule has 0 radical (unpaired) electrons. The molecule has 3 heterocycles. The van der Waals surface area contributed by atoms with E-state index in [0.717, 1.165) is 16.9 Å². The van der Waals surface area contributed by atoms with Crippen LogP contribution in [-0.2, 0) is 10.3 Å². The molecule has 1 aromatic heterocycles. The molecule has 31 heavy (non-hydrogen) atoms. The Bertz CT molecular complexity index is 1150. The molecule has 2 amide bonds. The second kappa shape index (κ2) is 7.46. The lowest BCUT2D eigenvalue weighted by molar-refractivity contribution is -0.0363. The Morgan fingerprint density at radius 3 is 2.81 bits per heavy atom. The fourth-order valence-corrected chi connectivity index (χ4v) is 4.28. The molecule has 0 unspecified atom stereocenters. The molecule has 2 N–H and O–H groups in total. The van der Waals surface area contributed by atoms with Crippen LogP contribution in [0.2, 0.25) is 0 Å². The number of aromatic amines is 1. The third kappa shape index (κ3) is 3.39. The topological polar surface area (TPSA) is 96.5 Å². The lowest BCUT2D eigenvalue weighted by Crippen LogP contribution is -2.46. The zero-order valence-electron chi connectivity index (χ0n) is 17.1. The third-order valence-corrected chi connectivity index (χ3v) is 5.94. The molecule has 8 heteroatoms. The minimum atomic E-state index is -0.627. The van der Waals surface area contributed by atoms with Crippen LogP contribution in [0.1, 0.15) is 28.8 Å². The number of hydrogen-bond donors (Lipinski definition) is 2. The summed E-state index contributed by atoms with van der Waals surface area (Å²) in [6.45, 7) is 0.981. The van der Waals surface area contributed by atoms with Crippen molar-refractivity contribution in [1.82, 2.24) is 14.9 Å². The second-order valence-corrected chi connectivity index (χ2v) is 7.72. The first kappa shape index (κ1) is 19.2. The molecule has 0 aliphatic carbocycles. The Balaban J connectivity index is 1.24. The number of carbonyl (C=O) groups is 2. The van der Waals surface area contributed by atoms with Crippen molar-refractivity contribution in [2.45, 2.75) is 18.4 Å². The molecule has 5 rings (SSSR count). The zero-order valence-corrected chi connectivity index (χ0v) is 17.1. The number of rotatable bonds is 3. The summed E-state index contributed by atoms with van der Waals surface area (Å²) in [4.78, 5) is 34.2. The number of anilines is 1. The van der Waals surface area contributed by atoms with E-state index >= 15 is 0 Å². The minimum Gasteiger partial charge on any atom is -0.497 e. The van der Waals surface area contributed by atoms with Crippen molar-refractivity contribution in [3.05, 3.63) is 65.9 Å². The molecular weight excluding hydrogens is 396 g/mol. The smallest absolute Gasteiger partial charge is 0.339 e. The number of ether oxygens (including phenoxy) is 2. The van der Waals surface area contributed by atoms with Crippen molar-refractivity contribution in [2.24, 2.45) is 0 Å². The number of amides is 2. The highest BCUT2D eigenvalue weighted by atomic mass is 16.6. The van der Waals surface area contributed by atoms with E-state index in [1.54, 1.807) is 24.3 Å². The molecule has 0 bridgehead atoms. The van der Waals surface area contributed by atoms with Crippen LogP contribution in [-0.4, -0.2) is 47.1 Å². The molecule has 8 nitrogen and oxygen atoms in total. The Hall–Kier alpha value is -3.81. The van der Waals surface area contributed by atoms with Gasteiger partial charge in [-0.1, -0.05) is 30.3 Å². The summed E-state index contributed by atoms with van der Waals surface area (Å²) in [6, 6.07) is 14.8. The van der Waals surface area contributed by atoms with E-state index in [1.807, 2.05) is 42.5 Å². The lowest BCUT2D eigenvalue weighted by Gasteiger charge is -2.38. The number of benzene rings is 2. The highest BCUT2D eigenvalue weighted by Gasteiger charge is 2.47. The minimum absolute atomic E-state index is 0.215. The number of H-pyrrole nitrogens is 1. The summed E-state index contributed by atoms with van der Waals surface area (Å²) in [6.07, 6.45) is 2.73. The maximum Gasteiger partial charge on any atom is 0.339 e. The van der Waals surface area contributed by atoms with Crippen molar-refractivity contribution < 1.29 is 19.1 Å². The molecule has 2 aromatic carbocycles. The van der Waals surface area contributed by atoms with Crippen LogP contribution in [0.15, 0.2) is 54.7 Å². The van der Waals surface area contributed by atoms with E-state index in [0.29, 0.717) is 43.1 Å². The lowest BCUT2D eigenvalue weighted by atomic mass is 9.84. The van der Waals surface area contributed by atoms with Gasteiger partial charge in [-0.15, -0.1) is 0 Å². The first-order valence-electron chi connectivity index (χ1n) is 10.2. The number of nitrogens with one attached hydrogen (secondary N) is 2. The van der Waals surface area contributed by atoms with E-state index < -0.39 is 5.60 Å². The SMILES string of the molecule is COc1cccc(-c2ncc(NC(=O)N3CCC4(CC3)OC(=O)c3ccccc34)[nH]2)c1. The first-order valence-corrected chi connectivity index (χ1v) is 10.2. The Morgan fingerprint density at radius 1 is 1.19 bits per heavy atom. The van der Waals surface area contributed by atoms with Gasteiger partial charge >= 0.3 is 12.0 Å². The van der Waals surface area contributed by atoms with Crippen molar-refractivity contribution in [2.75, 3.05) is 25.5 Å². The zero-order chi connectivity index (χ0) is 21.4. The second-order valence-electron chi connectivity index (χ2n) is 7.72. The fourth-order valence-electron chi connectivity index (χ4n) is 4.28. The Kier molecular flexibility index (Phi) is 4.62. The summed E-state index contributed by atoms with van der Waals surface area (Å²) < 4.78 is 11.0. The van der Waals surface area contributed by atoms with Gasteiger partial charge in [0.2, 0.25) is 0 Å². The molecule has 1 fully saturated rings. The number of urea groups is 1. The molecule has 1 saturated heterocycles. The van der Waals surface area contributed by atoms with Crippen molar-refractivity contribution >= 4 is 17.8 Å². The highest BCUT2D eigenvalue weighted by molar-refractivity contribution is 5.95. The van der Waals surface area contributed by atoms with Crippen molar-refractivity contribution in [3.8, 4) is 17.1 Å². The number of imidazole rings is 1. The molecule has 1 spiro atoms. The van der Waals surface area contributed by atoms with Gasteiger partial charge in [0.05, 0.1) is 18.9 Å². The highest BCUT2D eigenvalue weighted by Crippen LogP contribution is 2.44. The number of hydrogen-bond acceptors (Lipinski definition) is 5. The van der Waals surface area contributed by atoms with Gasteiger partial charge in [-0.2, -0.15) is 0 Å². The number of esters is 1. The van der Waals surface area contributed by atoms with Crippen LogP contribution in [0.25, 0.3) is 11.4 Å². The summed E-state index contributed by atoms with van der Waals surface area (Å²) in [5.74, 6) is 1.61. The largest absolute Gasteiger partial charge is 0.497 e. The Labute approximate surface area is 179 Å². The molecule has 3 aromatic rings. The summed E-state index contributed by atoms with van der Waals surface area (Å²) in [5.41, 5.74) is 1.79. The summed E-state index contributed by atoms with van der Waals surface area (Å²) >= 11 is 0. The predicted molar refractivity (Wildman–Crippen MR) is 114 cm³/mol. The van der Waals surface area contributed by atoms with Gasteiger partial charge in [0.25, 0.3) is 0 Å². The van der Waals surface area contributed by atoms with E-state index in [9.17, 15) is 9.59 Å². The van der Waals surface area contributed by atoms with Crippen LogP contribution in [0, 0.1) is 0 Å². The number of carbonyl (C=O) groups excluding carboxylic acids is 2. The van der Waals surface area contributed by atoms with Crippen LogP contribution >= 0.6 is 0 Å². The van der Waals surface area contributed by atoms with Crippen LogP contribution in [0.3, 0.4) is 0 Å². The predicted octanol–water partition coefficient (Wildman–Crippen LogP) is 3.78. The maximum atomic E-state index is 12.8. The quantitative estimate of drug-likeness (QED) is 0.631. The number of piperidine rings is 1. The molecule has 2 aliphatic rings. The van der Waals surface area contributed by atoms with Gasteiger partial charge in [0, 0.05) is 37.1 Å². The van der Waals surface area contributed by atoms with Crippen LogP contribution < -0.4 is 10.1 Å². The first-order chi connectivity index (χ1) is 15.1. The fraction of sp³-hybridized carbons (Fsp3) is 0.261. The summed E-state index contributed by atoms with van der Waals surface area (Å²) in [5, 5.41) is 2.87. The number of aromatic nitrogens is 2. The van der Waals surface area contributed by atoms with Crippen LogP contribution in [0.4, 0.5) is 10.6 Å². The number of nitrogens with zero attached hydrogens (tertiary/aromatic N) is 2. The van der Waals surface area contributed by atoms with Gasteiger partial charge in [0.15, 0.2) is 0 Å². The van der Waals surface area contributed by atoms with E-state index in [1.165, 1.54) is 0 Å². The average molecular weight is 418 g/mol. The summed E-state index contributed by atoms with van der Waals surface area (Å²) in [7, 11) is 1.61. The number of fused-ring (bicyclic) bond motifs is 2. The molecule has 158 valence electrons. The maximum absolute atomic E-state index is 12.8. The van der Waals surface area contributed by atoms with Gasteiger partial charge in [-0.05, 0) is 18.2 Å². The molecular formula is C23H22N4O4. The van der Waals surface area contributed by atoms with E-state index in [4.69, 9.17) is 9.47 Å². The monoisotopic (exact) mass is 418 g/mol. The molecule has 2 aliphatic heterocycles. The standard InChI is InChI=1S/C23H22N4O4/c1-30-16-6-4-5-15(13-16)20-24-14-19(25-20)26-22(29)27-11-9-23(10-12-27)18-8-3-2-7-17(18)21(28)31-23/h2-8,13-14H,9-12H2,1H3,(H,24,25)(H,26,29). The van der Waals surface area contributed by atoms with Gasteiger partial charge in [-0.25, -0.2) is 14.6 Å². The van der Waals surface area contributed by atoms with Gasteiger partial charge in [0.1, 0.15) is 23.0 Å². The third-order valence-electron chi connectivity index (χ3n) is 5.94. The molecule has 0 atom stereocenters. The van der Waals surface area contributed by atoms with Crippen molar-refractivity contribution in [3.63, 3.8) is 0 Å². The normalized spacial score (nSPS) is 16.7. The van der Waals surface area contributed by atoms with Crippen LogP contribution in [0.5, 0.6) is 5.75 Å². The van der Waals surface area contributed by atoms with E-state index in [2.05, 4.69) is 15.3 Å². The Morgan fingerprint density at radius 2 is 2.00 bits per heavy atom. The average Bonchev–Trinajstić information content (AvgIpc) is 3.38. The number of likely N-dealkylation sites (tertiary alicyclic amines) is 1. The van der Waals surface area contributed by atoms with E-state index in [-0.39, 0.29) is 12.0 Å².